The molecule has 9 heteroatoms. The molecule has 0 bridgehead atoms. The van der Waals surface area contributed by atoms with Crippen molar-refractivity contribution in [2.45, 2.75) is 32.4 Å². The molecular formula is C17H20N8O. The molecular weight excluding hydrogens is 332 g/mol. The molecule has 1 aliphatic heterocycles. The predicted octanol–water partition coefficient (Wildman–Crippen LogP) is 1.16. The monoisotopic (exact) mass is 352 g/mol. The largest absolute Gasteiger partial charge is 0.341 e. The Morgan fingerprint density at radius 1 is 1.12 bits per heavy atom. The normalized spacial score (nSPS) is 15.3. The van der Waals surface area contributed by atoms with Gasteiger partial charge in [0.15, 0.2) is 5.69 Å². The smallest absolute Gasteiger partial charge is 0.247 e. The Bertz CT molecular complexity index is 881. The summed E-state index contributed by atoms with van der Waals surface area (Å²) in [6.45, 7) is 4.00. The first-order valence-corrected chi connectivity index (χ1v) is 8.73. The summed E-state index contributed by atoms with van der Waals surface area (Å²) < 4.78 is 1.56. The van der Waals surface area contributed by atoms with Gasteiger partial charge >= 0.3 is 0 Å². The number of aromatic nitrogens is 7. The third-order valence-electron chi connectivity index (χ3n) is 4.53. The van der Waals surface area contributed by atoms with Gasteiger partial charge in [0.2, 0.25) is 11.7 Å². The van der Waals surface area contributed by atoms with Crippen LogP contribution in [0.25, 0.3) is 11.5 Å². The van der Waals surface area contributed by atoms with E-state index < -0.39 is 6.04 Å². The van der Waals surface area contributed by atoms with Gasteiger partial charge in [0.25, 0.3) is 0 Å². The SMILES string of the molecule is CC(C(=O)N1CCCC1)n1cc(-c2nnn(Cc3ccccc3)n2)nn1. The molecule has 3 aromatic rings. The zero-order valence-electron chi connectivity index (χ0n) is 14.6. The summed E-state index contributed by atoms with van der Waals surface area (Å²) >= 11 is 0. The first kappa shape index (κ1) is 16.4. The quantitative estimate of drug-likeness (QED) is 0.684. The molecule has 9 nitrogen and oxygen atoms in total. The standard InChI is InChI=1S/C17H20N8O/c1-13(17(26)23-9-5-6-10-23)24-12-15(18-21-24)16-19-22-25(20-16)11-14-7-3-2-4-8-14/h2-4,7-8,12-13H,5-6,9-11H2,1H3. The Morgan fingerprint density at radius 2 is 1.88 bits per heavy atom. The van der Waals surface area contributed by atoms with E-state index in [4.69, 9.17) is 0 Å². The van der Waals surface area contributed by atoms with E-state index >= 15 is 0 Å². The zero-order chi connectivity index (χ0) is 17.9. The van der Waals surface area contributed by atoms with Crippen LogP contribution in [0.5, 0.6) is 0 Å². The van der Waals surface area contributed by atoms with Crippen molar-refractivity contribution in [2.24, 2.45) is 0 Å². The van der Waals surface area contributed by atoms with E-state index in [1.807, 2.05) is 42.2 Å². The number of amides is 1. The lowest BCUT2D eigenvalue weighted by Crippen LogP contribution is -2.34. The fourth-order valence-electron chi connectivity index (χ4n) is 3.04. The van der Waals surface area contributed by atoms with Crippen molar-refractivity contribution < 1.29 is 4.79 Å². The van der Waals surface area contributed by atoms with Crippen LogP contribution in [0.15, 0.2) is 36.5 Å². The van der Waals surface area contributed by atoms with Gasteiger partial charge in [0, 0.05) is 13.1 Å². The maximum absolute atomic E-state index is 12.5. The lowest BCUT2D eigenvalue weighted by molar-refractivity contribution is -0.133. The molecule has 1 atom stereocenters. The number of nitrogens with zero attached hydrogens (tertiary/aromatic N) is 8. The Balaban J connectivity index is 1.47. The molecule has 0 radical (unpaired) electrons. The molecule has 4 rings (SSSR count). The van der Waals surface area contributed by atoms with Crippen molar-refractivity contribution in [3.05, 3.63) is 42.1 Å². The molecule has 134 valence electrons. The highest BCUT2D eigenvalue weighted by Crippen LogP contribution is 2.17. The van der Waals surface area contributed by atoms with Crippen molar-refractivity contribution >= 4 is 5.91 Å². The van der Waals surface area contributed by atoms with Crippen LogP contribution in [0.4, 0.5) is 0 Å². The summed E-state index contributed by atoms with van der Waals surface area (Å²) in [7, 11) is 0. The van der Waals surface area contributed by atoms with Crippen LogP contribution >= 0.6 is 0 Å². The third-order valence-corrected chi connectivity index (χ3v) is 4.53. The highest BCUT2D eigenvalue weighted by atomic mass is 16.2. The van der Waals surface area contributed by atoms with E-state index in [9.17, 15) is 4.79 Å². The average Bonchev–Trinajstić information content (AvgIpc) is 3.41. The van der Waals surface area contributed by atoms with Gasteiger partial charge in [0.1, 0.15) is 6.04 Å². The number of hydrogen-bond donors (Lipinski definition) is 0. The van der Waals surface area contributed by atoms with Gasteiger partial charge < -0.3 is 4.90 Å². The lowest BCUT2D eigenvalue weighted by Gasteiger charge is -2.19. The zero-order valence-corrected chi connectivity index (χ0v) is 14.6. The van der Waals surface area contributed by atoms with Gasteiger partial charge in [-0.1, -0.05) is 35.5 Å². The maximum Gasteiger partial charge on any atom is 0.247 e. The second-order valence-corrected chi connectivity index (χ2v) is 6.42. The molecule has 1 amide bonds. The minimum Gasteiger partial charge on any atom is -0.341 e. The Kier molecular flexibility index (Phi) is 4.42. The summed E-state index contributed by atoms with van der Waals surface area (Å²) in [5.74, 6) is 0.465. The number of hydrogen-bond acceptors (Lipinski definition) is 6. The molecule has 0 saturated carbocycles. The number of likely N-dealkylation sites (tertiary alicyclic amines) is 1. The van der Waals surface area contributed by atoms with Crippen LogP contribution < -0.4 is 0 Å². The number of rotatable bonds is 5. The van der Waals surface area contributed by atoms with Crippen molar-refractivity contribution in [1.82, 2.24) is 40.1 Å². The van der Waals surface area contributed by atoms with Gasteiger partial charge in [-0.2, -0.15) is 4.80 Å². The first-order chi connectivity index (χ1) is 12.7. The second-order valence-electron chi connectivity index (χ2n) is 6.42. The molecule has 1 aliphatic rings. The third kappa shape index (κ3) is 3.32. The summed E-state index contributed by atoms with van der Waals surface area (Å²) in [6, 6.07) is 9.52. The minimum absolute atomic E-state index is 0.0691. The number of benzene rings is 1. The summed E-state index contributed by atoms with van der Waals surface area (Å²) in [5, 5.41) is 20.6. The topological polar surface area (TPSA) is 94.6 Å². The molecule has 1 unspecified atom stereocenters. The van der Waals surface area contributed by atoms with Crippen LogP contribution in [-0.4, -0.2) is 59.1 Å². The summed E-state index contributed by atoms with van der Waals surface area (Å²) in [4.78, 5) is 15.9. The highest BCUT2D eigenvalue weighted by molar-refractivity contribution is 5.80. The predicted molar refractivity (Wildman–Crippen MR) is 92.9 cm³/mol. The summed E-state index contributed by atoms with van der Waals surface area (Å²) in [5.41, 5.74) is 1.59. The molecule has 0 N–H and O–H groups in total. The summed E-state index contributed by atoms with van der Waals surface area (Å²) in [6.07, 6.45) is 3.83. The van der Waals surface area contributed by atoms with Gasteiger partial charge in [0.05, 0.1) is 12.7 Å². The molecule has 2 aromatic heterocycles. The minimum atomic E-state index is -0.395. The Hall–Kier alpha value is -3.10. The van der Waals surface area contributed by atoms with E-state index in [1.165, 1.54) is 4.80 Å². The van der Waals surface area contributed by atoms with Crippen LogP contribution in [0, 0.1) is 0 Å². The molecule has 1 aromatic carbocycles. The van der Waals surface area contributed by atoms with Crippen molar-refractivity contribution in [1.29, 1.82) is 0 Å². The number of tetrazole rings is 1. The molecule has 0 aliphatic carbocycles. The molecule has 3 heterocycles. The van der Waals surface area contributed by atoms with Crippen LogP contribution in [0.2, 0.25) is 0 Å². The van der Waals surface area contributed by atoms with E-state index in [1.54, 1.807) is 10.9 Å². The fraction of sp³-hybridized carbons (Fsp3) is 0.412. The van der Waals surface area contributed by atoms with Crippen LogP contribution in [0.1, 0.15) is 31.4 Å². The lowest BCUT2D eigenvalue weighted by atomic mass is 10.2. The van der Waals surface area contributed by atoms with E-state index in [-0.39, 0.29) is 5.91 Å². The highest BCUT2D eigenvalue weighted by Gasteiger charge is 2.25. The van der Waals surface area contributed by atoms with Gasteiger partial charge in [-0.15, -0.1) is 15.3 Å². The van der Waals surface area contributed by atoms with Crippen LogP contribution in [-0.2, 0) is 11.3 Å². The van der Waals surface area contributed by atoms with Crippen molar-refractivity contribution in [3.63, 3.8) is 0 Å². The van der Waals surface area contributed by atoms with E-state index in [0.29, 0.717) is 18.1 Å². The Labute approximate surface area is 150 Å². The first-order valence-electron chi connectivity index (χ1n) is 8.73. The fourth-order valence-corrected chi connectivity index (χ4v) is 3.04. The Morgan fingerprint density at radius 3 is 2.65 bits per heavy atom. The van der Waals surface area contributed by atoms with Gasteiger partial charge in [-0.25, -0.2) is 4.68 Å². The average molecular weight is 352 g/mol. The number of carbonyl (C=O) groups is 1. The maximum atomic E-state index is 12.5. The van der Waals surface area contributed by atoms with Crippen molar-refractivity contribution in [2.75, 3.05) is 13.1 Å². The molecule has 1 fully saturated rings. The van der Waals surface area contributed by atoms with Crippen LogP contribution in [0.3, 0.4) is 0 Å². The van der Waals surface area contributed by atoms with Crippen molar-refractivity contribution in [3.8, 4) is 11.5 Å². The second kappa shape index (κ2) is 7.03. The molecule has 26 heavy (non-hydrogen) atoms. The van der Waals surface area contributed by atoms with E-state index in [2.05, 4.69) is 25.7 Å². The van der Waals surface area contributed by atoms with E-state index in [0.717, 1.165) is 31.5 Å². The molecule has 0 spiro atoms. The van der Waals surface area contributed by atoms with Gasteiger partial charge in [-0.05, 0) is 30.5 Å². The van der Waals surface area contributed by atoms with Gasteiger partial charge in [-0.3, -0.25) is 4.79 Å². The number of carbonyl (C=O) groups excluding carboxylic acids is 1. The molecule has 1 saturated heterocycles.